The highest BCUT2D eigenvalue weighted by molar-refractivity contribution is 6.01. The lowest BCUT2D eigenvalue weighted by atomic mass is 9.89. The summed E-state index contributed by atoms with van der Waals surface area (Å²) in [4.78, 5) is 36.0. The molecular weight excluding hydrogens is 308 g/mol. The van der Waals surface area contributed by atoms with Crippen molar-refractivity contribution in [1.82, 2.24) is 5.32 Å². The number of piperidine rings is 1. The number of amides is 3. The first-order chi connectivity index (χ1) is 10.9. The quantitative estimate of drug-likeness (QED) is 0.777. The fourth-order valence-electron chi connectivity index (χ4n) is 2.99. The molecule has 122 valence electrons. The molecule has 3 N–H and O–H groups in total. The first-order valence-electron chi connectivity index (χ1n) is 7.28. The first kappa shape index (κ1) is 15.5. The van der Waals surface area contributed by atoms with Gasteiger partial charge in [0.1, 0.15) is 11.6 Å². The van der Waals surface area contributed by atoms with Gasteiger partial charge in [-0.1, -0.05) is 0 Å². The van der Waals surface area contributed by atoms with Crippen molar-refractivity contribution in [3.63, 3.8) is 0 Å². The molecule has 0 aliphatic carbocycles. The lowest BCUT2D eigenvalue weighted by Crippen LogP contribution is -2.40. The zero-order valence-corrected chi connectivity index (χ0v) is 12.1. The predicted octanol–water partition coefficient (Wildman–Crippen LogP) is 0.549. The van der Waals surface area contributed by atoms with E-state index in [1.54, 1.807) is 0 Å². The third-order valence-corrected chi connectivity index (χ3v) is 4.21. The molecule has 0 aromatic heterocycles. The van der Waals surface area contributed by atoms with E-state index >= 15 is 0 Å². The zero-order chi connectivity index (χ0) is 16.7. The normalized spacial score (nSPS) is 25.0. The number of hydrogen-bond donors (Lipinski definition) is 2. The molecular formula is C15H15F2N3O3. The Morgan fingerprint density at radius 3 is 2.30 bits per heavy atom. The van der Waals surface area contributed by atoms with E-state index in [9.17, 15) is 23.2 Å². The number of anilines is 1. The minimum Gasteiger partial charge on any atom is -0.320 e. The van der Waals surface area contributed by atoms with Crippen LogP contribution in [0.4, 0.5) is 14.5 Å². The van der Waals surface area contributed by atoms with Gasteiger partial charge in [0.15, 0.2) is 0 Å². The molecule has 2 aliphatic rings. The Bertz CT molecular complexity index is 684. The maximum atomic E-state index is 14.4. The summed E-state index contributed by atoms with van der Waals surface area (Å²) < 4.78 is 28.7. The van der Waals surface area contributed by atoms with E-state index in [0.717, 1.165) is 12.1 Å². The average Bonchev–Trinajstić information content (AvgIpc) is 2.80. The summed E-state index contributed by atoms with van der Waals surface area (Å²) in [7, 11) is 0. The summed E-state index contributed by atoms with van der Waals surface area (Å²) >= 11 is 0. The maximum absolute atomic E-state index is 14.4. The molecule has 8 heteroatoms. The molecule has 6 nitrogen and oxygen atoms in total. The van der Waals surface area contributed by atoms with Crippen LogP contribution in [-0.2, 0) is 14.4 Å². The number of nitrogens with two attached hydrogens (primary N) is 1. The van der Waals surface area contributed by atoms with Gasteiger partial charge >= 0.3 is 0 Å². The largest absolute Gasteiger partial charge is 0.320 e. The van der Waals surface area contributed by atoms with Crippen LogP contribution in [0.3, 0.4) is 0 Å². The Kier molecular flexibility index (Phi) is 3.85. The van der Waals surface area contributed by atoms with Gasteiger partial charge in [-0.15, -0.1) is 0 Å². The van der Waals surface area contributed by atoms with E-state index in [-0.39, 0.29) is 30.6 Å². The third-order valence-electron chi connectivity index (χ3n) is 4.21. The van der Waals surface area contributed by atoms with Crippen LogP contribution < -0.4 is 16.0 Å². The van der Waals surface area contributed by atoms with E-state index in [0.29, 0.717) is 6.42 Å². The van der Waals surface area contributed by atoms with Crippen LogP contribution in [-0.4, -0.2) is 30.3 Å². The number of hydrogen-bond acceptors (Lipinski definition) is 4. The fraction of sp³-hybridized carbons (Fsp3) is 0.400. The lowest BCUT2D eigenvalue weighted by Gasteiger charge is -2.23. The molecule has 2 saturated heterocycles. The van der Waals surface area contributed by atoms with Crippen LogP contribution in [0.5, 0.6) is 0 Å². The van der Waals surface area contributed by atoms with Crippen molar-refractivity contribution in [1.29, 1.82) is 0 Å². The van der Waals surface area contributed by atoms with E-state index in [2.05, 4.69) is 5.32 Å². The summed E-state index contributed by atoms with van der Waals surface area (Å²) in [5.41, 5.74) is 5.29. The van der Waals surface area contributed by atoms with Gasteiger partial charge in [-0.3, -0.25) is 19.7 Å². The number of nitrogens with one attached hydrogen (secondary N) is 1. The van der Waals surface area contributed by atoms with Crippen LogP contribution in [0, 0.1) is 11.6 Å². The Hall–Kier alpha value is -2.35. The molecule has 1 unspecified atom stereocenters. The van der Waals surface area contributed by atoms with Crippen LogP contribution in [0.15, 0.2) is 12.1 Å². The lowest BCUT2D eigenvalue weighted by molar-refractivity contribution is -0.134. The van der Waals surface area contributed by atoms with Gasteiger partial charge in [0.05, 0.1) is 12.0 Å². The van der Waals surface area contributed by atoms with Crippen molar-refractivity contribution in [2.75, 3.05) is 11.4 Å². The van der Waals surface area contributed by atoms with Gasteiger partial charge in [0.25, 0.3) is 0 Å². The molecule has 0 spiro atoms. The third kappa shape index (κ3) is 2.70. The zero-order valence-electron chi connectivity index (χ0n) is 12.1. The minimum absolute atomic E-state index is 0.0243. The number of rotatable bonds is 2. The number of benzene rings is 1. The summed E-state index contributed by atoms with van der Waals surface area (Å²) in [6.45, 7) is 0.288. The predicted molar refractivity (Wildman–Crippen MR) is 76.4 cm³/mol. The van der Waals surface area contributed by atoms with Gasteiger partial charge in [0, 0.05) is 24.2 Å². The number of nitrogens with zero attached hydrogens (tertiary/aromatic N) is 1. The van der Waals surface area contributed by atoms with Gasteiger partial charge in [-0.2, -0.15) is 0 Å². The maximum Gasteiger partial charge on any atom is 0.243 e. The molecule has 2 fully saturated rings. The van der Waals surface area contributed by atoms with Crippen molar-refractivity contribution in [2.45, 2.75) is 31.2 Å². The van der Waals surface area contributed by atoms with Crippen LogP contribution in [0.1, 0.15) is 30.7 Å². The summed E-state index contributed by atoms with van der Waals surface area (Å²) in [5, 5.41) is 2.07. The summed E-state index contributed by atoms with van der Waals surface area (Å²) in [6.07, 6.45) is 0.485. The van der Waals surface area contributed by atoms with E-state index in [4.69, 9.17) is 5.73 Å². The Balaban J connectivity index is 1.94. The number of carbonyl (C=O) groups excluding carboxylic acids is 3. The highest BCUT2D eigenvalue weighted by Crippen LogP contribution is 2.33. The molecule has 3 amide bonds. The van der Waals surface area contributed by atoms with E-state index in [1.807, 2.05) is 0 Å². The van der Waals surface area contributed by atoms with Gasteiger partial charge < -0.3 is 10.6 Å². The number of halogens is 2. The molecule has 23 heavy (non-hydrogen) atoms. The molecule has 0 bridgehead atoms. The van der Waals surface area contributed by atoms with Gasteiger partial charge in [-0.05, 0) is 25.0 Å². The van der Waals surface area contributed by atoms with E-state index < -0.39 is 41.3 Å². The standard InChI is InChI=1S/C15H15F2N3O3/c16-9-5-7(20-4-3-11(18)15(20)23)6-10(17)13(9)8-1-2-12(21)19-14(8)22/h5-6,8,11H,1-4,18H2,(H,19,21,22)/t8?,11-/m1/s1. The molecule has 3 rings (SSSR count). The fourth-order valence-corrected chi connectivity index (χ4v) is 2.99. The highest BCUT2D eigenvalue weighted by atomic mass is 19.1. The summed E-state index contributed by atoms with van der Waals surface area (Å²) in [6, 6.07) is 1.38. The molecule has 1 aromatic rings. The Labute approximate surface area is 130 Å². The monoisotopic (exact) mass is 323 g/mol. The summed E-state index contributed by atoms with van der Waals surface area (Å²) in [5.74, 6) is -4.45. The van der Waals surface area contributed by atoms with Crippen LogP contribution >= 0.6 is 0 Å². The first-order valence-corrected chi connectivity index (χ1v) is 7.28. The minimum atomic E-state index is -1.06. The van der Waals surface area contributed by atoms with Crippen LogP contribution in [0.25, 0.3) is 0 Å². The van der Waals surface area contributed by atoms with Crippen molar-refractivity contribution in [2.24, 2.45) is 5.73 Å². The van der Waals surface area contributed by atoms with E-state index in [1.165, 1.54) is 4.90 Å². The second kappa shape index (κ2) is 5.69. The van der Waals surface area contributed by atoms with Crippen molar-refractivity contribution >= 4 is 23.4 Å². The molecule has 0 radical (unpaired) electrons. The molecule has 2 heterocycles. The van der Waals surface area contributed by atoms with Gasteiger partial charge in [0.2, 0.25) is 17.7 Å². The molecule has 1 aromatic carbocycles. The molecule has 2 atom stereocenters. The second-order valence-corrected chi connectivity index (χ2v) is 5.71. The van der Waals surface area contributed by atoms with Crippen molar-refractivity contribution in [3.05, 3.63) is 29.3 Å². The number of carbonyl (C=O) groups is 3. The molecule has 2 aliphatic heterocycles. The number of imide groups is 1. The highest BCUT2D eigenvalue weighted by Gasteiger charge is 2.34. The molecule has 0 saturated carbocycles. The Morgan fingerprint density at radius 1 is 1.13 bits per heavy atom. The smallest absolute Gasteiger partial charge is 0.243 e. The van der Waals surface area contributed by atoms with Crippen molar-refractivity contribution < 1.29 is 23.2 Å². The van der Waals surface area contributed by atoms with Crippen molar-refractivity contribution in [3.8, 4) is 0 Å². The average molecular weight is 323 g/mol. The van der Waals surface area contributed by atoms with Gasteiger partial charge in [-0.25, -0.2) is 8.78 Å². The Morgan fingerprint density at radius 2 is 1.78 bits per heavy atom. The van der Waals surface area contributed by atoms with Crippen LogP contribution in [0.2, 0.25) is 0 Å². The SMILES string of the molecule is N[C@@H]1CCN(c2cc(F)c(C3CCC(=O)NC3=O)c(F)c2)C1=O. The topological polar surface area (TPSA) is 92.5 Å². The second-order valence-electron chi connectivity index (χ2n) is 5.71.